The quantitative estimate of drug-likeness (QED) is 0.733. The van der Waals surface area contributed by atoms with Gasteiger partial charge in [-0.05, 0) is 37.3 Å². The molecule has 0 atom stereocenters. The lowest BCUT2D eigenvalue weighted by Crippen LogP contribution is -2.22. The summed E-state index contributed by atoms with van der Waals surface area (Å²) in [7, 11) is 0. The number of aromatic nitrogens is 2. The zero-order valence-corrected chi connectivity index (χ0v) is 14.1. The monoisotopic (exact) mass is 350 g/mol. The van der Waals surface area contributed by atoms with Crippen LogP contribution in [0.3, 0.4) is 0 Å². The minimum atomic E-state index is -0.305. The summed E-state index contributed by atoms with van der Waals surface area (Å²) in [5, 5.41) is 7.74. The van der Waals surface area contributed by atoms with Gasteiger partial charge in [-0.25, -0.2) is 4.98 Å². The van der Waals surface area contributed by atoms with Crippen molar-refractivity contribution in [2.45, 2.75) is 25.7 Å². The molecule has 0 saturated carbocycles. The zero-order chi connectivity index (χ0) is 17.0. The number of para-hydroxylation sites is 1. The van der Waals surface area contributed by atoms with Crippen LogP contribution in [-0.4, -0.2) is 21.3 Å². The molecule has 2 aliphatic rings. The Labute approximate surface area is 146 Å². The number of anilines is 1. The molecule has 1 aliphatic heterocycles. The van der Waals surface area contributed by atoms with Gasteiger partial charge in [-0.2, -0.15) is 9.78 Å². The maximum absolute atomic E-state index is 13.0. The lowest BCUT2D eigenvalue weighted by molar-refractivity contribution is -0.110. The minimum Gasteiger partial charge on any atom is -0.320 e. The second kappa shape index (κ2) is 5.35. The Bertz CT molecular complexity index is 1130. The molecule has 0 saturated heterocycles. The van der Waals surface area contributed by atoms with Crippen molar-refractivity contribution in [1.29, 1.82) is 0 Å². The molecular weight excluding hydrogens is 336 g/mol. The highest BCUT2D eigenvalue weighted by molar-refractivity contribution is 7.18. The van der Waals surface area contributed by atoms with Crippen LogP contribution in [0, 0.1) is 0 Å². The van der Waals surface area contributed by atoms with E-state index in [-0.39, 0.29) is 17.2 Å². The number of carbonyl (C=O) groups excluding carboxylic acids is 1. The smallest absolute Gasteiger partial charge is 0.282 e. The van der Waals surface area contributed by atoms with E-state index in [0.29, 0.717) is 16.6 Å². The van der Waals surface area contributed by atoms with Crippen LogP contribution in [0.15, 0.2) is 40.5 Å². The summed E-state index contributed by atoms with van der Waals surface area (Å²) in [6.45, 7) is 0. The number of hydrogen-bond acceptors (Lipinski definition) is 5. The van der Waals surface area contributed by atoms with Crippen molar-refractivity contribution < 1.29 is 4.79 Å². The topological polar surface area (TPSA) is 76.3 Å². The zero-order valence-electron chi connectivity index (χ0n) is 13.3. The highest BCUT2D eigenvalue weighted by atomic mass is 32.1. The van der Waals surface area contributed by atoms with E-state index >= 15 is 0 Å². The number of rotatable bonds is 1. The van der Waals surface area contributed by atoms with Gasteiger partial charge in [0.25, 0.3) is 11.5 Å². The predicted molar refractivity (Wildman–Crippen MR) is 97.5 cm³/mol. The van der Waals surface area contributed by atoms with Crippen molar-refractivity contribution in [3.05, 3.63) is 57.0 Å². The van der Waals surface area contributed by atoms with Gasteiger partial charge in [0.15, 0.2) is 5.71 Å². The lowest BCUT2D eigenvalue weighted by atomic mass is 9.97. The molecule has 2 aromatic heterocycles. The highest BCUT2D eigenvalue weighted by Crippen LogP contribution is 2.33. The largest absolute Gasteiger partial charge is 0.320 e. The maximum atomic E-state index is 13.0. The molecule has 5 rings (SSSR count). The van der Waals surface area contributed by atoms with Gasteiger partial charge >= 0.3 is 0 Å². The molecule has 0 bridgehead atoms. The van der Waals surface area contributed by atoms with E-state index in [1.807, 2.05) is 24.3 Å². The molecule has 6 nitrogen and oxygen atoms in total. The van der Waals surface area contributed by atoms with E-state index in [4.69, 9.17) is 0 Å². The maximum Gasteiger partial charge on any atom is 0.282 e. The Morgan fingerprint density at radius 2 is 2.00 bits per heavy atom. The van der Waals surface area contributed by atoms with Gasteiger partial charge in [0.1, 0.15) is 11.2 Å². The first kappa shape index (κ1) is 14.5. The van der Waals surface area contributed by atoms with Crippen LogP contribution in [0.2, 0.25) is 0 Å². The fourth-order valence-electron chi connectivity index (χ4n) is 3.52. The van der Waals surface area contributed by atoms with Gasteiger partial charge in [0.2, 0.25) is 0 Å². The second-order valence-electron chi connectivity index (χ2n) is 6.23. The molecule has 0 spiro atoms. The molecule has 3 aromatic rings. The molecule has 7 heteroatoms. The predicted octanol–water partition coefficient (Wildman–Crippen LogP) is 2.54. The Hall–Kier alpha value is -2.80. The summed E-state index contributed by atoms with van der Waals surface area (Å²) in [5.74, 6) is -0.305. The average molecular weight is 350 g/mol. The number of carbonyl (C=O) groups is 1. The first-order valence-corrected chi connectivity index (χ1v) is 9.05. The first-order valence-electron chi connectivity index (χ1n) is 8.24. The summed E-state index contributed by atoms with van der Waals surface area (Å²) in [6, 6.07) is 7.32. The molecule has 124 valence electrons. The molecule has 0 unspecified atom stereocenters. The number of nitrogens with zero attached hydrogens (tertiary/aromatic N) is 3. The summed E-state index contributed by atoms with van der Waals surface area (Å²) < 4.78 is 1.20. The standard InChI is InChI=1S/C18H14N4O2S/c23-16-15(10-5-1-3-7-12(10)20-16)21-22-9-19-17-14(18(22)24)11-6-2-4-8-13(11)25-17/h1,3,5,7,9H,2,4,6,8H2,(H,20,21,23). The Balaban J connectivity index is 1.71. The number of amides is 1. The molecule has 1 aromatic carbocycles. The van der Waals surface area contributed by atoms with Gasteiger partial charge in [-0.3, -0.25) is 9.59 Å². The molecule has 0 fully saturated rings. The van der Waals surface area contributed by atoms with E-state index in [1.54, 1.807) is 11.3 Å². The van der Waals surface area contributed by atoms with Crippen molar-refractivity contribution >= 4 is 38.9 Å². The Kier molecular flexibility index (Phi) is 3.11. The molecule has 25 heavy (non-hydrogen) atoms. The van der Waals surface area contributed by atoms with Gasteiger partial charge in [0, 0.05) is 10.4 Å². The molecule has 0 radical (unpaired) electrons. The molecular formula is C18H14N4O2S. The third kappa shape index (κ3) is 2.16. The number of benzene rings is 1. The lowest BCUT2D eigenvalue weighted by Gasteiger charge is -2.09. The fraction of sp³-hybridized carbons (Fsp3) is 0.222. The van der Waals surface area contributed by atoms with E-state index in [9.17, 15) is 9.59 Å². The number of nitrogens with one attached hydrogen (secondary N) is 1. The Morgan fingerprint density at radius 3 is 2.92 bits per heavy atom. The summed E-state index contributed by atoms with van der Waals surface area (Å²) >= 11 is 1.60. The van der Waals surface area contributed by atoms with Gasteiger partial charge in [-0.1, -0.05) is 18.2 Å². The van der Waals surface area contributed by atoms with E-state index < -0.39 is 0 Å². The van der Waals surface area contributed by atoms with Crippen molar-refractivity contribution in [2.75, 3.05) is 5.32 Å². The van der Waals surface area contributed by atoms with E-state index in [0.717, 1.165) is 36.1 Å². The number of hydrogen-bond donors (Lipinski definition) is 1. The van der Waals surface area contributed by atoms with Crippen molar-refractivity contribution in [2.24, 2.45) is 5.10 Å². The number of fused-ring (bicyclic) bond motifs is 4. The molecule has 1 N–H and O–H groups in total. The first-order chi connectivity index (χ1) is 12.2. The van der Waals surface area contributed by atoms with Crippen LogP contribution in [0.5, 0.6) is 0 Å². The van der Waals surface area contributed by atoms with E-state index in [2.05, 4.69) is 15.4 Å². The van der Waals surface area contributed by atoms with Crippen LogP contribution in [0.4, 0.5) is 5.69 Å². The van der Waals surface area contributed by atoms with Crippen LogP contribution in [0.25, 0.3) is 10.2 Å². The van der Waals surface area contributed by atoms with Crippen LogP contribution < -0.4 is 10.9 Å². The SMILES string of the molecule is O=C1Nc2ccccc2C1=Nn1cnc2sc3c(c2c1=O)CCCC3. The molecule has 3 heterocycles. The molecule has 1 aliphatic carbocycles. The third-order valence-corrected chi connectivity index (χ3v) is 5.91. The van der Waals surface area contributed by atoms with Crippen molar-refractivity contribution in [3.8, 4) is 0 Å². The van der Waals surface area contributed by atoms with Crippen LogP contribution in [0.1, 0.15) is 28.8 Å². The van der Waals surface area contributed by atoms with Gasteiger partial charge < -0.3 is 5.32 Å². The second-order valence-corrected chi connectivity index (χ2v) is 7.32. The number of thiophene rings is 1. The fourth-order valence-corrected chi connectivity index (χ4v) is 4.74. The van der Waals surface area contributed by atoms with Crippen LogP contribution in [-0.2, 0) is 17.6 Å². The summed E-state index contributed by atoms with van der Waals surface area (Å²) in [6.07, 6.45) is 5.59. The van der Waals surface area contributed by atoms with Crippen molar-refractivity contribution in [3.63, 3.8) is 0 Å². The van der Waals surface area contributed by atoms with Gasteiger partial charge in [0.05, 0.1) is 11.1 Å². The van der Waals surface area contributed by atoms with Crippen molar-refractivity contribution in [1.82, 2.24) is 9.66 Å². The highest BCUT2D eigenvalue weighted by Gasteiger charge is 2.26. The molecule has 1 amide bonds. The van der Waals surface area contributed by atoms with Gasteiger partial charge in [-0.15, -0.1) is 11.3 Å². The average Bonchev–Trinajstić information content (AvgIpc) is 3.15. The van der Waals surface area contributed by atoms with Crippen LogP contribution >= 0.6 is 11.3 Å². The number of aryl methyl sites for hydroxylation is 2. The Morgan fingerprint density at radius 1 is 1.16 bits per heavy atom. The third-order valence-electron chi connectivity index (χ3n) is 4.71. The summed E-state index contributed by atoms with van der Waals surface area (Å²) in [4.78, 5) is 31.6. The normalized spacial score (nSPS) is 17.6. The van der Waals surface area contributed by atoms with E-state index in [1.165, 1.54) is 15.9 Å². The minimum absolute atomic E-state index is 0.200. The summed E-state index contributed by atoms with van der Waals surface area (Å²) in [5.41, 5.74) is 2.57.